The first kappa shape index (κ1) is 15.1. The molecule has 0 radical (unpaired) electrons. The van der Waals surface area contributed by atoms with Crippen LogP contribution in [0.25, 0.3) is 0 Å². The van der Waals surface area contributed by atoms with Gasteiger partial charge in [0.1, 0.15) is 0 Å². The molecule has 0 aromatic heterocycles. The minimum Gasteiger partial charge on any atom is -0.469 e. The number of esters is 1. The van der Waals surface area contributed by atoms with Gasteiger partial charge in [-0.25, -0.2) is 0 Å². The lowest BCUT2D eigenvalue weighted by Crippen LogP contribution is -2.44. The quantitative estimate of drug-likeness (QED) is 0.563. The van der Waals surface area contributed by atoms with E-state index in [2.05, 4.69) is 9.46 Å². The van der Waals surface area contributed by atoms with Crippen molar-refractivity contribution in [2.45, 2.75) is 31.7 Å². The van der Waals surface area contributed by atoms with E-state index in [4.69, 9.17) is 0 Å². The summed E-state index contributed by atoms with van der Waals surface area (Å²) in [4.78, 5) is 11.0. The van der Waals surface area contributed by atoms with Gasteiger partial charge in [-0.1, -0.05) is 12.2 Å². The Bertz CT molecular complexity index is 405. The van der Waals surface area contributed by atoms with Gasteiger partial charge in [0, 0.05) is 19.6 Å². The first-order valence-corrected chi connectivity index (χ1v) is 7.35. The number of hydrogen-bond donors (Lipinski definition) is 1. The maximum atomic E-state index is 11.9. The molecule has 1 unspecified atom stereocenters. The normalized spacial score (nSPS) is 20.1. The Hall–Kier alpha value is -0.920. The van der Waals surface area contributed by atoms with E-state index >= 15 is 0 Å². The maximum Gasteiger partial charge on any atom is 0.306 e. The highest BCUT2D eigenvalue weighted by Crippen LogP contribution is 2.12. The molecule has 1 aliphatic carbocycles. The molecule has 1 aliphatic rings. The highest BCUT2D eigenvalue weighted by Gasteiger charge is 2.22. The molecule has 6 nitrogen and oxygen atoms in total. The number of methoxy groups -OCH3 is 1. The van der Waals surface area contributed by atoms with Gasteiger partial charge in [-0.2, -0.15) is 17.4 Å². The molecule has 0 fully saturated rings. The molecule has 0 saturated heterocycles. The van der Waals surface area contributed by atoms with Gasteiger partial charge in [-0.05, 0) is 19.3 Å². The third-order valence-electron chi connectivity index (χ3n) is 2.85. The minimum absolute atomic E-state index is 0.0540. The largest absolute Gasteiger partial charge is 0.469 e. The molecular formula is C11H20N2O4S. The number of hydrogen-bond acceptors (Lipinski definition) is 4. The molecule has 18 heavy (non-hydrogen) atoms. The van der Waals surface area contributed by atoms with Gasteiger partial charge in [0.25, 0.3) is 10.2 Å². The first-order chi connectivity index (χ1) is 8.45. The second-order valence-corrected chi connectivity index (χ2v) is 6.06. The summed E-state index contributed by atoms with van der Waals surface area (Å²) in [6.07, 6.45) is 6.49. The minimum atomic E-state index is -3.52. The van der Waals surface area contributed by atoms with E-state index in [1.807, 2.05) is 12.2 Å². The zero-order chi connectivity index (χ0) is 13.6. The zero-order valence-electron chi connectivity index (χ0n) is 10.8. The van der Waals surface area contributed by atoms with E-state index in [0.29, 0.717) is 6.42 Å². The van der Waals surface area contributed by atoms with Crippen LogP contribution in [0, 0.1) is 0 Å². The number of nitrogens with one attached hydrogen (secondary N) is 1. The Balaban J connectivity index is 2.46. The van der Waals surface area contributed by atoms with Crippen LogP contribution in [-0.2, 0) is 19.7 Å². The van der Waals surface area contributed by atoms with Crippen molar-refractivity contribution in [3.63, 3.8) is 0 Å². The van der Waals surface area contributed by atoms with Crippen molar-refractivity contribution in [2.24, 2.45) is 0 Å². The molecule has 0 aliphatic heterocycles. The number of allylic oxidation sites excluding steroid dienone is 1. The van der Waals surface area contributed by atoms with Crippen molar-refractivity contribution in [1.82, 2.24) is 9.03 Å². The monoisotopic (exact) mass is 276 g/mol. The lowest BCUT2D eigenvalue weighted by atomic mass is 10.0. The molecule has 1 atom stereocenters. The van der Waals surface area contributed by atoms with Crippen molar-refractivity contribution in [2.75, 3.05) is 20.7 Å². The molecule has 0 spiro atoms. The molecule has 1 rings (SSSR count). The van der Waals surface area contributed by atoms with Crippen LogP contribution >= 0.6 is 0 Å². The SMILES string of the molecule is COC(=O)CCN(C)S(=O)(=O)NC1CC=CCC1. The van der Waals surface area contributed by atoms with E-state index in [1.54, 1.807) is 0 Å². The molecule has 0 heterocycles. The Morgan fingerprint density at radius 2 is 2.22 bits per heavy atom. The fraction of sp³-hybridized carbons (Fsp3) is 0.727. The topological polar surface area (TPSA) is 75.7 Å². The summed E-state index contributed by atoms with van der Waals surface area (Å²) in [6.45, 7) is 0.116. The molecule has 0 bridgehead atoms. The van der Waals surface area contributed by atoms with Crippen LogP contribution in [0.3, 0.4) is 0 Å². The van der Waals surface area contributed by atoms with Crippen molar-refractivity contribution in [1.29, 1.82) is 0 Å². The van der Waals surface area contributed by atoms with E-state index < -0.39 is 16.2 Å². The molecular weight excluding hydrogens is 256 g/mol. The van der Waals surface area contributed by atoms with Gasteiger partial charge in [-0.15, -0.1) is 0 Å². The summed E-state index contributed by atoms with van der Waals surface area (Å²) >= 11 is 0. The second-order valence-electron chi connectivity index (χ2n) is 4.25. The van der Waals surface area contributed by atoms with Gasteiger partial charge < -0.3 is 4.74 Å². The third kappa shape index (κ3) is 4.75. The summed E-state index contributed by atoms with van der Waals surface area (Å²) < 4.78 is 32.1. The van der Waals surface area contributed by atoms with Gasteiger partial charge in [-0.3, -0.25) is 4.79 Å². The summed E-state index contributed by atoms with van der Waals surface area (Å²) in [5.41, 5.74) is 0. The van der Waals surface area contributed by atoms with Crippen LogP contribution in [0.1, 0.15) is 25.7 Å². The van der Waals surface area contributed by atoms with Crippen LogP contribution in [0.2, 0.25) is 0 Å². The number of rotatable bonds is 6. The predicted molar refractivity (Wildman–Crippen MR) is 68.1 cm³/mol. The van der Waals surface area contributed by atoms with Crippen molar-refractivity contribution < 1.29 is 17.9 Å². The van der Waals surface area contributed by atoms with Gasteiger partial charge in [0.05, 0.1) is 13.5 Å². The van der Waals surface area contributed by atoms with Gasteiger partial charge in [0.2, 0.25) is 0 Å². The fourth-order valence-electron chi connectivity index (χ4n) is 1.67. The molecule has 0 saturated carbocycles. The average Bonchev–Trinajstić information content (AvgIpc) is 2.36. The number of carbonyl (C=O) groups excluding carboxylic acids is 1. The second kappa shape index (κ2) is 6.86. The van der Waals surface area contributed by atoms with Gasteiger partial charge in [0.15, 0.2) is 0 Å². The van der Waals surface area contributed by atoms with E-state index in [1.165, 1.54) is 14.2 Å². The number of ether oxygens (including phenoxy) is 1. The van der Waals surface area contributed by atoms with Crippen LogP contribution < -0.4 is 4.72 Å². The molecule has 0 aromatic carbocycles. The van der Waals surface area contributed by atoms with Crippen molar-refractivity contribution >= 4 is 16.2 Å². The smallest absolute Gasteiger partial charge is 0.306 e. The van der Waals surface area contributed by atoms with Crippen molar-refractivity contribution in [3.05, 3.63) is 12.2 Å². The molecule has 104 valence electrons. The Morgan fingerprint density at radius 3 is 2.78 bits per heavy atom. The highest BCUT2D eigenvalue weighted by molar-refractivity contribution is 7.87. The lowest BCUT2D eigenvalue weighted by Gasteiger charge is -2.23. The number of carbonyl (C=O) groups is 1. The van der Waals surface area contributed by atoms with Crippen LogP contribution in [0.5, 0.6) is 0 Å². The maximum absolute atomic E-state index is 11.9. The van der Waals surface area contributed by atoms with Crippen LogP contribution in [0.4, 0.5) is 0 Å². The molecule has 7 heteroatoms. The Kier molecular flexibility index (Phi) is 5.77. The van der Waals surface area contributed by atoms with Crippen LogP contribution in [0.15, 0.2) is 12.2 Å². The predicted octanol–water partition coefficient (Wildman–Crippen LogP) is 0.424. The summed E-state index contributed by atoms with van der Waals surface area (Å²) in [5.74, 6) is -0.419. The summed E-state index contributed by atoms with van der Waals surface area (Å²) in [7, 11) is -0.793. The van der Waals surface area contributed by atoms with Crippen LogP contribution in [-0.4, -0.2) is 45.4 Å². The highest BCUT2D eigenvalue weighted by atomic mass is 32.2. The van der Waals surface area contributed by atoms with E-state index in [0.717, 1.165) is 17.1 Å². The average molecular weight is 276 g/mol. The third-order valence-corrected chi connectivity index (χ3v) is 4.49. The first-order valence-electron chi connectivity index (χ1n) is 5.91. The summed E-state index contributed by atoms with van der Waals surface area (Å²) in [5, 5.41) is 0. The standard InChI is InChI=1S/C11H20N2O4S/c1-13(9-8-11(14)17-2)18(15,16)12-10-6-4-3-5-7-10/h3-4,10,12H,5-9H2,1-2H3. The van der Waals surface area contributed by atoms with Crippen molar-refractivity contribution in [3.8, 4) is 0 Å². The Labute approximate surface area is 108 Å². The van der Waals surface area contributed by atoms with E-state index in [9.17, 15) is 13.2 Å². The van der Waals surface area contributed by atoms with E-state index in [-0.39, 0.29) is 19.0 Å². The fourth-order valence-corrected chi connectivity index (χ4v) is 2.82. The zero-order valence-corrected chi connectivity index (χ0v) is 11.6. The molecule has 1 N–H and O–H groups in total. The number of nitrogens with zero attached hydrogens (tertiary/aromatic N) is 1. The molecule has 0 aromatic rings. The van der Waals surface area contributed by atoms with Gasteiger partial charge >= 0.3 is 5.97 Å². The lowest BCUT2D eigenvalue weighted by molar-refractivity contribution is -0.140. The summed E-state index contributed by atoms with van der Waals surface area (Å²) in [6, 6.07) is -0.0550. The molecule has 0 amide bonds. The Morgan fingerprint density at radius 1 is 1.50 bits per heavy atom.